The molecule has 1 aromatic heterocycles. The first-order valence-electron chi connectivity index (χ1n) is 9.93. The molecule has 0 aliphatic carbocycles. The third kappa shape index (κ3) is 4.50. The summed E-state index contributed by atoms with van der Waals surface area (Å²) >= 11 is 5.97. The van der Waals surface area contributed by atoms with E-state index in [1.165, 1.54) is 0 Å². The van der Waals surface area contributed by atoms with Crippen LogP contribution in [0.5, 0.6) is 5.75 Å². The van der Waals surface area contributed by atoms with Gasteiger partial charge in [-0.3, -0.25) is 4.79 Å². The van der Waals surface area contributed by atoms with Crippen molar-refractivity contribution in [2.45, 2.75) is 6.92 Å². The van der Waals surface area contributed by atoms with E-state index in [1.807, 2.05) is 60.4 Å². The van der Waals surface area contributed by atoms with Crippen LogP contribution in [-0.4, -0.2) is 60.7 Å². The Morgan fingerprint density at radius 3 is 2.33 bits per heavy atom. The van der Waals surface area contributed by atoms with Crippen LogP contribution < -0.4 is 4.74 Å². The lowest BCUT2D eigenvalue weighted by Crippen LogP contribution is -2.48. The Bertz CT molecular complexity index is 1010. The van der Waals surface area contributed by atoms with Crippen molar-refractivity contribution in [3.05, 3.63) is 59.1 Å². The summed E-state index contributed by atoms with van der Waals surface area (Å²) in [6, 6.07) is 15.0. The first-order valence-corrected chi connectivity index (χ1v) is 10.3. The van der Waals surface area contributed by atoms with Gasteiger partial charge in [-0.1, -0.05) is 16.8 Å². The molecule has 0 unspecified atom stereocenters. The number of hydrogen-bond acceptors (Lipinski definition) is 5. The van der Waals surface area contributed by atoms with Crippen molar-refractivity contribution in [3.63, 3.8) is 0 Å². The van der Waals surface area contributed by atoms with Crippen LogP contribution in [-0.2, 0) is 4.79 Å². The Balaban J connectivity index is 1.40. The third-order valence-electron chi connectivity index (χ3n) is 5.38. The molecule has 156 valence electrons. The second-order valence-corrected chi connectivity index (χ2v) is 7.93. The molecule has 6 nitrogen and oxygen atoms in total. The van der Waals surface area contributed by atoms with Crippen LogP contribution in [0.15, 0.2) is 53.1 Å². The van der Waals surface area contributed by atoms with E-state index in [-0.39, 0.29) is 12.5 Å². The maximum atomic E-state index is 12.3. The molecule has 0 N–H and O–H groups in total. The number of halogens is 1. The summed E-state index contributed by atoms with van der Waals surface area (Å²) in [6.07, 6.45) is 0. The molecular formula is C23H24ClN3O3. The lowest BCUT2D eigenvalue weighted by atomic mass is 10.0. The Morgan fingerprint density at radius 1 is 1.03 bits per heavy atom. The highest BCUT2D eigenvalue weighted by Gasteiger charge is 2.19. The zero-order chi connectivity index (χ0) is 21.1. The fourth-order valence-corrected chi connectivity index (χ4v) is 3.60. The Labute approximate surface area is 181 Å². The maximum Gasteiger partial charge on any atom is 0.260 e. The van der Waals surface area contributed by atoms with E-state index in [4.69, 9.17) is 20.9 Å². The van der Waals surface area contributed by atoms with Crippen molar-refractivity contribution in [2.24, 2.45) is 0 Å². The van der Waals surface area contributed by atoms with Crippen LogP contribution in [0, 0.1) is 6.92 Å². The Morgan fingerprint density at radius 2 is 1.67 bits per heavy atom. The first kappa shape index (κ1) is 20.4. The lowest BCUT2D eigenvalue weighted by Gasteiger charge is -2.32. The summed E-state index contributed by atoms with van der Waals surface area (Å²) in [5.74, 6) is 1.40. The Kier molecular flexibility index (Phi) is 6.06. The summed E-state index contributed by atoms with van der Waals surface area (Å²) in [7, 11) is 2.06. The highest BCUT2D eigenvalue weighted by molar-refractivity contribution is 6.30. The van der Waals surface area contributed by atoms with Crippen molar-refractivity contribution in [1.29, 1.82) is 0 Å². The number of likely N-dealkylation sites (N-methyl/N-ethyl adjacent to an activating group) is 1. The highest BCUT2D eigenvalue weighted by atomic mass is 35.5. The molecule has 4 rings (SSSR count). The smallest absolute Gasteiger partial charge is 0.260 e. The number of aromatic nitrogens is 1. The van der Waals surface area contributed by atoms with Gasteiger partial charge in [0.05, 0.1) is 0 Å². The van der Waals surface area contributed by atoms with E-state index in [2.05, 4.69) is 17.1 Å². The molecule has 0 spiro atoms. The molecule has 0 bridgehead atoms. The van der Waals surface area contributed by atoms with Gasteiger partial charge >= 0.3 is 0 Å². The normalized spacial score (nSPS) is 14.7. The number of carbonyl (C=O) groups is 1. The second kappa shape index (κ2) is 8.90. The van der Waals surface area contributed by atoms with Crippen LogP contribution in [0.3, 0.4) is 0 Å². The summed E-state index contributed by atoms with van der Waals surface area (Å²) in [4.78, 5) is 16.4. The molecule has 1 aliphatic heterocycles. The zero-order valence-corrected chi connectivity index (χ0v) is 17.9. The molecule has 2 heterocycles. The van der Waals surface area contributed by atoms with Crippen LogP contribution in [0.1, 0.15) is 5.56 Å². The first-order chi connectivity index (χ1) is 14.5. The van der Waals surface area contributed by atoms with Gasteiger partial charge in [0.15, 0.2) is 12.4 Å². The number of hydrogen-bond donors (Lipinski definition) is 0. The van der Waals surface area contributed by atoms with Gasteiger partial charge < -0.3 is 19.1 Å². The average molecular weight is 426 g/mol. The summed E-state index contributed by atoms with van der Waals surface area (Å²) < 4.78 is 11.3. The molecule has 0 radical (unpaired) electrons. The molecule has 0 atom stereocenters. The minimum absolute atomic E-state index is 0.0205. The number of ether oxygens (including phenoxy) is 1. The molecule has 1 amide bonds. The molecule has 1 aliphatic rings. The van der Waals surface area contributed by atoms with Crippen LogP contribution in [0.4, 0.5) is 0 Å². The second-order valence-electron chi connectivity index (χ2n) is 7.49. The minimum atomic E-state index is 0.0205. The molecule has 3 aromatic rings. The number of piperazine rings is 1. The number of rotatable bonds is 5. The van der Waals surface area contributed by atoms with Gasteiger partial charge in [0, 0.05) is 47.9 Å². The van der Waals surface area contributed by atoms with E-state index in [1.54, 1.807) is 0 Å². The van der Waals surface area contributed by atoms with Gasteiger partial charge in [-0.05, 0) is 62.5 Å². The van der Waals surface area contributed by atoms with Crippen LogP contribution in [0.2, 0.25) is 5.02 Å². The van der Waals surface area contributed by atoms with Gasteiger partial charge in [-0.25, -0.2) is 0 Å². The maximum absolute atomic E-state index is 12.3. The van der Waals surface area contributed by atoms with Crippen molar-refractivity contribution in [3.8, 4) is 28.3 Å². The van der Waals surface area contributed by atoms with Crippen molar-refractivity contribution in [1.82, 2.24) is 15.0 Å². The van der Waals surface area contributed by atoms with E-state index < -0.39 is 0 Å². The van der Waals surface area contributed by atoms with Gasteiger partial charge in [0.2, 0.25) is 0 Å². The minimum Gasteiger partial charge on any atom is -0.484 e. The van der Waals surface area contributed by atoms with Gasteiger partial charge in [0.25, 0.3) is 5.91 Å². The van der Waals surface area contributed by atoms with Gasteiger partial charge in [-0.2, -0.15) is 0 Å². The number of amides is 1. The quantitative estimate of drug-likeness (QED) is 0.615. The number of nitrogens with zero attached hydrogens (tertiary/aromatic N) is 3. The van der Waals surface area contributed by atoms with E-state index in [0.717, 1.165) is 54.3 Å². The zero-order valence-electron chi connectivity index (χ0n) is 17.1. The number of carbonyl (C=O) groups excluding carboxylic acids is 1. The van der Waals surface area contributed by atoms with Gasteiger partial charge in [-0.15, -0.1) is 0 Å². The lowest BCUT2D eigenvalue weighted by molar-refractivity contribution is -0.134. The molecule has 30 heavy (non-hydrogen) atoms. The molecule has 7 heteroatoms. The highest BCUT2D eigenvalue weighted by Crippen LogP contribution is 2.32. The van der Waals surface area contributed by atoms with Crippen molar-refractivity contribution >= 4 is 17.5 Å². The van der Waals surface area contributed by atoms with E-state index in [9.17, 15) is 4.79 Å². The predicted octanol–water partition coefficient (Wildman–Crippen LogP) is 4.12. The molecule has 1 fully saturated rings. The van der Waals surface area contributed by atoms with E-state index in [0.29, 0.717) is 10.8 Å². The Hall–Kier alpha value is -2.83. The number of benzene rings is 2. The summed E-state index contributed by atoms with van der Waals surface area (Å²) in [5.41, 5.74) is 3.59. The molecule has 1 saturated heterocycles. The standard InChI is InChI=1S/C23H24ClN3O3/c1-16-22(25-30-23(16)18-3-7-19(24)8-4-18)17-5-9-20(10-6-17)29-15-21(28)27-13-11-26(2)12-14-27/h3-10H,11-15H2,1-2H3. The fraction of sp³-hybridized carbons (Fsp3) is 0.304. The summed E-state index contributed by atoms with van der Waals surface area (Å²) in [6.45, 7) is 5.32. The molecule has 2 aromatic carbocycles. The average Bonchev–Trinajstić information content (AvgIpc) is 3.15. The van der Waals surface area contributed by atoms with Crippen molar-refractivity contribution in [2.75, 3.05) is 39.8 Å². The van der Waals surface area contributed by atoms with Crippen molar-refractivity contribution < 1.29 is 14.1 Å². The van der Waals surface area contributed by atoms with E-state index >= 15 is 0 Å². The third-order valence-corrected chi connectivity index (χ3v) is 5.63. The monoisotopic (exact) mass is 425 g/mol. The predicted molar refractivity (Wildman–Crippen MR) is 117 cm³/mol. The summed E-state index contributed by atoms with van der Waals surface area (Å²) in [5, 5.41) is 4.92. The SMILES string of the molecule is Cc1c(-c2ccc(OCC(=O)N3CCN(C)CC3)cc2)noc1-c1ccc(Cl)cc1. The van der Waals surface area contributed by atoms with Gasteiger partial charge in [0.1, 0.15) is 11.4 Å². The van der Waals surface area contributed by atoms with Crippen LogP contribution in [0.25, 0.3) is 22.6 Å². The molecule has 0 saturated carbocycles. The fourth-order valence-electron chi connectivity index (χ4n) is 3.48. The largest absolute Gasteiger partial charge is 0.484 e. The van der Waals surface area contributed by atoms with Crippen LogP contribution >= 0.6 is 11.6 Å². The topological polar surface area (TPSA) is 58.8 Å². The molecular weight excluding hydrogens is 402 g/mol.